The third kappa shape index (κ3) is 5.19. The van der Waals surface area contributed by atoms with E-state index < -0.39 is 30.4 Å². The fourth-order valence-electron chi connectivity index (χ4n) is 2.56. The topological polar surface area (TPSA) is 89.7 Å². The molecule has 7 heteroatoms. The average Bonchev–Trinajstić information content (AvgIpc) is 2.58. The molecule has 0 unspecified atom stereocenters. The van der Waals surface area contributed by atoms with Gasteiger partial charge in [-0.15, -0.1) is 0 Å². The summed E-state index contributed by atoms with van der Waals surface area (Å²) in [5.41, 5.74) is 6.15. The molecule has 0 spiro atoms. The molecule has 1 aromatic carbocycles. The number of hydrogen-bond acceptors (Lipinski definition) is 4. The summed E-state index contributed by atoms with van der Waals surface area (Å²) in [4.78, 5) is 36.7. The number of rotatable bonds is 5. The van der Waals surface area contributed by atoms with Gasteiger partial charge < -0.3 is 15.4 Å². The number of likely N-dealkylation sites (tertiary alicyclic amines) is 1. The van der Waals surface area contributed by atoms with Gasteiger partial charge in [0.25, 0.3) is 5.91 Å². The molecule has 0 aliphatic carbocycles. The summed E-state index contributed by atoms with van der Waals surface area (Å²) in [7, 11) is 0. The number of primary amides is 1. The lowest BCUT2D eigenvalue weighted by atomic mass is 10.0. The van der Waals surface area contributed by atoms with Crippen LogP contribution in [0.2, 0.25) is 0 Å². The van der Waals surface area contributed by atoms with Gasteiger partial charge in [-0.2, -0.15) is 0 Å². The van der Waals surface area contributed by atoms with Gasteiger partial charge in [-0.05, 0) is 43.0 Å². The lowest BCUT2D eigenvalue weighted by Crippen LogP contribution is -2.51. The van der Waals surface area contributed by atoms with Crippen LogP contribution in [0.25, 0.3) is 6.08 Å². The average molecular weight is 395 g/mol. The number of ether oxygens (including phenoxy) is 1. The van der Waals surface area contributed by atoms with Crippen LogP contribution < -0.4 is 5.73 Å². The van der Waals surface area contributed by atoms with E-state index in [4.69, 9.17) is 10.5 Å². The van der Waals surface area contributed by atoms with E-state index in [1.54, 1.807) is 6.08 Å². The Morgan fingerprint density at radius 2 is 2.12 bits per heavy atom. The first-order valence-corrected chi connectivity index (χ1v) is 8.46. The first kappa shape index (κ1) is 18.2. The summed E-state index contributed by atoms with van der Waals surface area (Å²) < 4.78 is 5.86. The Labute approximate surface area is 148 Å². The Morgan fingerprint density at radius 1 is 1.33 bits per heavy atom. The number of carbonyl (C=O) groups is 3. The maximum atomic E-state index is 12.1. The maximum Gasteiger partial charge on any atom is 0.331 e. The largest absolute Gasteiger partial charge is 0.452 e. The van der Waals surface area contributed by atoms with E-state index in [0.29, 0.717) is 13.0 Å². The van der Waals surface area contributed by atoms with Gasteiger partial charge in [0.1, 0.15) is 6.04 Å². The highest BCUT2D eigenvalue weighted by Gasteiger charge is 2.30. The van der Waals surface area contributed by atoms with Crippen LogP contribution in [0, 0.1) is 0 Å². The number of nitrogens with two attached hydrogens (primary N) is 1. The normalized spacial score (nSPS) is 17.7. The van der Waals surface area contributed by atoms with Gasteiger partial charge in [0, 0.05) is 17.1 Å². The maximum absolute atomic E-state index is 12.1. The Balaban J connectivity index is 1.86. The molecule has 1 aliphatic heterocycles. The van der Waals surface area contributed by atoms with E-state index in [-0.39, 0.29) is 0 Å². The summed E-state index contributed by atoms with van der Waals surface area (Å²) in [5.74, 6) is -1.54. The molecule has 0 bridgehead atoms. The van der Waals surface area contributed by atoms with Gasteiger partial charge in [0.05, 0.1) is 0 Å². The zero-order valence-electron chi connectivity index (χ0n) is 13.1. The van der Waals surface area contributed by atoms with Crippen LogP contribution in [0.3, 0.4) is 0 Å². The quantitative estimate of drug-likeness (QED) is 0.609. The standard InChI is InChI=1S/C17H19BrN2O4/c18-13-5-3-4-12(10-13)7-8-16(22)24-11-15(21)20-9-2-1-6-14(20)17(19)23/h3-5,7-8,10,14H,1-2,6,9,11H2,(H2,19,23)/b8-7+/t14-/m1/s1. The van der Waals surface area contributed by atoms with Crippen molar-refractivity contribution in [3.05, 3.63) is 40.4 Å². The van der Waals surface area contributed by atoms with Crippen molar-refractivity contribution in [2.24, 2.45) is 5.73 Å². The fraction of sp³-hybridized carbons (Fsp3) is 0.353. The Kier molecular flexibility index (Phi) is 6.54. The molecule has 128 valence electrons. The zero-order valence-corrected chi connectivity index (χ0v) is 14.7. The van der Waals surface area contributed by atoms with Gasteiger partial charge in [-0.3, -0.25) is 9.59 Å². The van der Waals surface area contributed by atoms with Crippen LogP contribution in [-0.4, -0.2) is 41.9 Å². The van der Waals surface area contributed by atoms with Crippen LogP contribution >= 0.6 is 15.9 Å². The van der Waals surface area contributed by atoms with Gasteiger partial charge in [0.15, 0.2) is 6.61 Å². The van der Waals surface area contributed by atoms with Gasteiger partial charge in [-0.1, -0.05) is 28.1 Å². The molecule has 1 aliphatic rings. The fourth-order valence-corrected chi connectivity index (χ4v) is 2.98. The van der Waals surface area contributed by atoms with E-state index in [1.807, 2.05) is 24.3 Å². The summed E-state index contributed by atoms with van der Waals surface area (Å²) in [6.45, 7) is 0.0588. The molecule has 6 nitrogen and oxygen atoms in total. The van der Waals surface area contributed by atoms with Crippen LogP contribution in [0.15, 0.2) is 34.8 Å². The van der Waals surface area contributed by atoms with Gasteiger partial charge >= 0.3 is 5.97 Å². The zero-order chi connectivity index (χ0) is 17.5. The molecule has 1 saturated heterocycles. The number of carbonyl (C=O) groups excluding carboxylic acids is 3. The minimum atomic E-state index is -0.615. The first-order valence-electron chi connectivity index (χ1n) is 7.66. The Morgan fingerprint density at radius 3 is 2.83 bits per heavy atom. The summed E-state index contributed by atoms with van der Waals surface area (Å²) in [6.07, 6.45) is 5.08. The number of piperidine rings is 1. The number of amides is 2. The van der Waals surface area contributed by atoms with Gasteiger partial charge in [-0.25, -0.2) is 4.79 Å². The third-order valence-corrected chi connectivity index (χ3v) is 4.24. The van der Waals surface area contributed by atoms with E-state index in [9.17, 15) is 14.4 Å². The molecule has 2 rings (SSSR count). The molecular formula is C17H19BrN2O4. The van der Waals surface area contributed by atoms with Crippen molar-refractivity contribution in [3.63, 3.8) is 0 Å². The van der Waals surface area contributed by atoms with Crippen LogP contribution in [0.4, 0.5) is 0 Å². The molecule has 1 aromatic rings. The van der Waals surface area contributed by atoms with Crippen molar-refractivity contribution in [1.82, 2.24) is 4.90 Å². The second-order valence-corrected chi connectivity index (χ2v) is 6.41. The smallest absolute Gasteiger partial charge is 0.331 e. The minimum absolute atomic E-state index is 0.397. The van der Waals surface area contributed by atoms with Crippen molar-refractivity contribution in [2.45, 2.75) is 25.3 Å². The molecular weight excluding hydrogens is 376 g/mol. The van der Waals surface area contributed by atoms with Crippen LogP contribution in [-0.2, 0) is 19.1 Å². The molecule has 24 heavy (non-hydrogen) atoms. The highest BCUT2D eigenvalue weighted by Crippen LogP contribution is 2.17. The third-order valence-electron chi connectivity index (χ3n) is 3.75. The highest BCUT2D eigenvalue weighted by molar-refractivity contribution is 9.10. The number of hydrogen-bond donors (Lipinski definition) is 1. The van der Waals surface area contributed by atoms with Gasteiger partial charge in [0.2, 0.25) is 5.91 Å². The second-order valence-electron chi connectivity index (χ2n) is 5.50. The van der Waals surface area contributed by atoms with Crippen molar-refractivity contribution in [3.8, 4) is 0 Å². The molecule has 1 atom stereocenters. The number of halogens is 1. The SMILES string of the molecule is NC(=O)[C@H]1CCCCN1C(=O)COC(=O)/C=C/c1cccc(Br)c1. The number of benzene rings is 1. The lowest BCUT2D eigenvalue weighted by molar-refractivity contribution is -0.151. The summed E-state index contributed by atoms with van der Waals surface area (Å²) >= 11 is 3.34. The predicted molar refractivity (Wildman–Crippen MR) is 92.7 cm³/mol. The summed E-state index contributed by atoms with van der Waals surface area (Å²) in [6, 6.07) is 6.80. The minimum Gasteiger partial charge on any atom is -0.452 e. The van der Waals surface area contributed by atoms with E-state index in [0.717, 1.165) is 22.9 Å². The lowest BCUT2D eigenvalue weighted by Gasteiger charge is -2.33. The monoisotopic (exact) mass is 394 g/mol. The molecule has 0 radical (unpaired) electrons. The molecule has 1 heterocycles. The molecule has 2 amide bonds. The van der Waals surface area contributed by atoms with Crippen LogP contribution in [0.5, 0.6) is 0 Å². The Hall–Kier alpha value is -2.15. The Bertz CT molecular complexity index is 660. The highest BCUT2D eigenvalue weighted by atomic mass is 79.9. The first-order chi connectivity index (χ1) is 11.5. The molecule has 0 aromatic heterocycles. The number of nitrogens with zero attached hydrogens (tertiary/aromatic N) is 1. The van der Waals surface area contributed by atoms with E-state index in [2.05, 4.69) is 15.9 Å². The van der Waals surface area contributed by atoms with E-state index >= 15 is 0 Å². The second kappa shape index (κ2) is 8.63. The van der Waals surface area contributed by atoms with Crippen molar-refractivity contribution in [2.75, 3.05) is 13.2 Å². The molecule has 1 fully saturated rings. The van der Waals surface area contributed by atoms with Crippen molar-refractivity contribution < 1.29 is 19.1 Å². The predicted octanol–water partition coefficient (Wildman–Crippen LogP) is 1.87. The molecule has 2 N–H and O–H groups in total. The molecule has 0 saturated carbocycles. The van der Waals surface area contributed by atoms with Crippen LogP contribution in [0.1, 0.15) is 24.8 Å². The van der Waals surface area contributed by atoms with Crippen molar-refractivity contribution in [1.29, 1.82) is 0 Å². The van der Waals surface area contributed by atoms with Crippen molar-refractivity contribution >= 4 is 39.8 Å². The summed E-state index contributed by atoms with van der Waals surface area (Å²) in [5, 5.41) is 0. The van der Waals surface area contributed by atoms with E-state index in [1.165, 1.54) is 11.0 Å². The number of esters is 1.